The van der Waals surface area contributed by atoms with E-state index in [-0.39, 0.29) is 12.6 Å². The van der Waals surface area contributed by atoms with Crippen LogP contribution < -0.4 is 4.90 Å². The summed E-state index contributed by atoms with van der Waals surface area (Å²) in [5.74, 6) is 0.168. The van der Waals surface area contributed by atoms with Gasteiger partial charge in [0.05, 0.1) is 13.1 Å². The molecule has 0 fully saturated rings. The Morgan fingerprint density at radius 2 is 2.00 bits per heavy atom. The fraction of sp³-hybridized carbons (Fsp3) is 0.462. The molecule has 2 rings (SSSR count). The van der Waals surface area contributed by atoms with Crippen molar-refractivity contribution in [2.75, 3.05) is 18.1 Å². The van der Waals surface area contributed by atoms with Crippen molar-refractivity contribution in [3.05, 3.63) is 29.8 Å². The summed E-state index contributed by atoms with van der Waals surface area (Å²) in [6, 6.07) is 7.88. The van der Waals surface area contributed by atoms with Crippen molar-refractivity contribution in [3.8, 4) is 0 Å². The van der Waals surface area contributed by atoms with Gasteiger partial charge in [-0.25, -0.2) is 0 Å². The topological polar surface area (TPSA) is 20.3 Å². The number of amides is 1. The fourth-order valence-corrected chi connectivity index (χ4v) is 2.10. The summed E-state index contributed by atoms with van der Waals surface area (Å²) in [5, 5.41) is 0. The Hall–Kier alpha value is -1.38. The second-order valence-corrected chi connectivity index (χ2v) is 4.10. The van der Waals surface area contributed by atoms with E-state index in [0.29, 0.717) is 12.8 Å². The number of rotatable bonds is 5. The van der Waals surface area contributed by atoms with E-state index >= 15 is 0 Å². The molecule has 86 valence electrons. The Labute approximate surface area is 95.1 Å². The summed E-state index contributed by atoms with van der Waals surface area (Å²) in [7, 11) is 0. The van der Waals surface area contributed by atoms with Crippen LogP contribution in [0.15, 0.2) is 24.3 Å². The molecule has 0 aliphatic carbocycles. The maximum absolute atomic E-state index is 11.9. The molecule has 1 aliphatic heterocycles. The SMILES string of the molecule is O=C1Cc2ccccc2N1CCCCCF. The third-order valence-corrected chi connectivity index (χ3v) is 2.94. The van der Waals surface area contributed by atoms with Crippen LogP contribution in [-0.2, 0) is 11.2 Å². The van der Waals surface area contributed by atoms with Crippen LogP contribution in [0.3, 0.4) is 0 Å². The standard InChI is InChI=1S/C13H16FNO/c14-8-4-1-5-9-15-12-7-3-2-6-11(12)10-13(15)16/h2-3,6-7H,1,4-5,8-10H2. The molecule has 1 aliphatic rings. The number of fused-ring (bicyclic) bond motifs is 1. The molecule has 1 aromatic rings. The van der Waals surface area contributed by atoms with Crippen molar-refractivity contribution in [3.63, 3.8) is 0 Å². The number of unbranched alkanes of at least 4 members (excludes halogenated alkanes) is 2. The van der Waals surface area contributed by atoms with Crippen LogP contribution in [0.25, 0.3) is 0 Å². The molecule has 2 nitrogen and oxygen atoms in total. The smallest absolute Gasteiger partial charge is 0.231 e. The minimum Gasteiger partial charge on any atom is -0.312 e. The molecule has 1 aromatic carbocycles. The van der Waals surface area contributed by atoms with Crippen molar-refractivity contribution in [2.45, 2.75) is 25.7 Å². The van der Waals surface area contributed by atoms with E-state index in [4.69, 9.17) is 0 Å². The largest absolute Gasteiger partial charge is 0.312 e. The van der Waals surface area contributed by atoms with Gasteiger partial charge in [-0.2, -0.15) is 0 Å². The van der Waals surface area contributed by atoms with Gasteiger partial charge in [0.25, 0.3) is 0 Å². The Bertz CT molecular complexity index is 378. The Morgan fingerprint density at radius 3 is 2.81 bits per heavy atom. The van der Waals surface area contributed by atoms with Crippen molar-refractivity contribution >= 4 is 11.6 Å². The highest BCUT2D eigenvalue weighted by Crippen LogP contribution is 2.28. The molecule has 0 aromatic heterocycles. The number of hydrogen-bond acceptors (Lipinski definition) is 1. The van der Waals surface area contributed by atoms with Crippen molar-refractivity contribution in [1.82, 2.24) is 0 Å². The minimum absolute atomic E-state index is 0.168. The lowest BCUT2D eigenvalue weighted by Gasteiger charge is -2.16. The number of carbonyl (C=O) groups excluding carboxylic acids is 1. The average Bonchev–Trinajstić information content (AvgIpc) is 2.61. The lowest BCUT2D eigenvalue weighted by atomic mass is 10.2. The van der Waals surface area contributed by atoms with Gasteiger partial charge < -0.3 is 4.90 Å². The molecule has 1 amide bonds. The summed E-state index contributed by atoms with van der Waals surface area (Å²) < 4.78 is 11.9. The Kier molecular flexibility index (Phi) is 3.54. The third-order valence-electron chi connectivity index (χ3n) is 2.94. The van der Waals surface area contributed by atoms with E-state index in [0.717, 1.165) is 30.6 Å². The second kappa shape index (κ2) is 5.10. The Morgan fingerprint density at radius 1 is 1.19 bits per heavy atom. The van der Waals surface area contributed by atoms with E-state index < -0.39 is 0 Å². The van der Waals surface area contributed by atoms with Gasteiger partial charge in [0.1, 0.15) is 0 Å². The van der Waals surface area contributed by atoms with Crippen LogP contribution in [0.5, 0.6) is 0 Å². The maximum atomic E-state index is 11.9. The molecule has 3 heteroatoms. The van der Waals surface area contributed by atoms with Gasteiger partial charge in [-0.05, 0) is 30.9 Å². The molecule has 0 atom stereocenters. The van der Waals surface area contributed by atoms with Gasteiger partial charge in [-0.3, -0.25) is 9.18 Å². The van der Waals surface area contributed by atoms with E-state index in [1.807, 2.05) is 29.2 Å². The van der Waals surface area contributed by atoms with E-state index in [1.165, 1.54) is 0 Å². The highest BCUT2D eigenvalue weighted by molar-refractivity contribution is 6.01. The van der Waals surface area contributed by atoms with Crippen molar-refractivity contribution in [1.29, 1.82) is 0 Å². The predicted octanol–water partition coefficient (Wildman–Crippen LogP) is 2.72. The molecule has 0 saturated carbocycles. The van der Waals surface area contributed by atoms with Crippen LogP contribution in [0.1, 0.15) is 24.8 Å². The number of anilines is 1. The zero-order valence-corrected chi connectivity index (χ0v) is 9.29. The first-order valence-corrected chi connectivity index (χ1v) is 5.77. The molecule has 0 radical (unpaired) electrons. The molecule has 0 N–H and O–H groups in total. The number of alkyl halides is 1. The number of carbonyl (C=O) groups is 1. The van der Waals surface area contributed by atoms with Crippen LogP contribution in [-0.4, -0.2) is 19.1 Å². The first-order chi connectivity index (χ1) is 7.83. The van der Waals surface area contributed by atoms with E-state index in [1.54, 1.807) is 0 Å². The molecule has 0 spiro atoms. The normalized spacial score (nSPS) is 14.3. The third kappa shape index (κ3) is 2.23. The highest BCUT2D eigenvalue weighted by Gasteiger charge is 2.25. The summed E-state index contributed by atoms with van der Waals surface area (Å²) in [5.41, 5.74) is 2.14. The van der Waals surface area contributed by atoms with Crippen LogP contribution in [0.4, 0.5) is 10.1 Å². The average molecular weight is 221 g/mol. The maximum Gasteiger partial charge on any atom is 0.231 e. The molecule has 0 bridgehead atoms. The van der Waals surface area contributed by atoms with Crippen molar-refractivity contribution in [2.24, 2.45) is 0 Å². The summed E-state index contributed by atoms with van der Waals surface area (Å²) in [6.07, 6.45) is 2.84. The first-order valence-electron chi connectivity index (χ1n) is 5.77. The molecular weight excluding hydrogens is 205 g/mol. The van der Waals surface area contributed by atoms with Crippen LogP contribution in [0.2, 0.25) is 0 Å². The summed E-state index contributed by atoms with van der Waals surface area (Å²) >= 11 is 0. The number of para-hydroxylation sites is 1. The van der Waals surface area contributed by atoms with Gasteiger partial charge in [-0.1, -0.05) is 18.2 Å². The summed E-state index contributed by atoms with van der Waals surface area (Å²) in [6.45, 7) is 0.459. The quantitative estimate of drug-likeness (QED) is 0.700. The molecule has 16 heavy (non-hydrogen) atoms. The predicted molar refractivity (Wildman–Crippen MR) is 62.3 cm³/mol. The monoisotopic (exact) mass is 221 g/mol. The fourth-order valence-electron chi connectivity index (χ4n) is 2.10. The molecule has 0 unspecified atom stereocenters. The number of nitrogens with zero attached hydrogens (tertiary/aromatic N) is 1. The molecular formula is C13H16FNO. The van der Waals surface area contributed by atoms with Gasteiger partial charge in [0.2, 0.25) is 5.91 Å². The number of hydrogen-bond donors (Lipinski definition) is 0. The van der Waals surface area contributed by atoms with E-state index in [2.05, 4.69) is 0 Å². The first kappa shape index (κ1) is 11.1. The lowest BCUT2D eigenvalue weighted by Crippen LogP contribution is -2.27. The minimum atomic E-state index is -0.259. The van der Waals surface area contributed by atoms with Crippen LogP contribution in [0, 0.1) is 0 Å². The second-order valence-electron chi connectivity index (χ2n) is 4.10. The number of benzene rings is 1. The van der Waals surface area contributed by atoms with Gasteiger partial charge >= 0.3 is 0 Å². The van der Waals surface area contributed by atoms with Gasteiger partial charge in [0.15, 0.2) is 0 Å². The van der Waals surface area contributed by atoms with Gasteiger partial charge in [0, 0.05) is 12.2 Å². The zero-order chi connectivity index (χ0) is 11.4. The summed E-state index contributed by atoms with van der Waals surface area (Å²) in [4.78, 5) is 13.6. The lowest BCUT2D eigenvalue weighted by molar-refractivity contribution is -0.117. The molecule has 1 heterocycles. The van der Waals surface area contributed by atoms with E-state index in [9.17, 15) is 9.18 Å². The highest BCUT2D eigenvalue weighted by atomic mass is 19.1. The van der Waals surface area contributed by atoms with Crippen LogP contribution >= 0.6 is 0 Å². The number of halogens is 1. The zero-order valence-electron chi connectivity index (χ0n) is 9.29. The Balaban J connectivity index is 1.97. The molecule has 0 saturated heterocycles. The van der Waals surface area contributed by atoms with Crippen molar-refractivity contribution < 1.29 is 9.18 Å². The van der Waals surface area contributed by atoms with Gasteiger partial charge in [-0.15, -0.1) is 0 Å².